The summed E-state index contributed by atoms with van der Waals surface area (Å²) in [5.74, 6) is 1.35. The number of amides is 1. The number of aromatic nitrogens is 1. The third-order valence-corrected chi connectivity index (χ3v) is 4.89. The molecule has 0 saturated carbocycles. The molecule has 128 valence electrons. The van der Waals surface area contributed by atoms with E-state index in [2.05, 4.69) is 15.0 Å². The van der Waals surface area contributed by atoms with Crippen molar-refractivity contribution in [1.29, 1.82) is 0 Å². The van der Waals surface area contributed by atoms with E-state index in [0.717, 1.165) is 34.2 Å². The lowest BCUT2D eigenvalue weighted by atomic mass is 10.1. The Balaban J connectivity index is 1.77. The van der Waals surface area contributed by atoms with Crippen molar-refractivity contribution in [3.05, 3.63) is 35.0 Å². The monoisotopic (exact) mass is 347 g/mol. The molecule has 1 unspecified atom stereocenters. The predicted molar refractivity (Wildman–Crippen MR) is 94.3 cm³/mol. The molecule has 6 nitrogen and oxygen atoms in total. The van der Waals surface area contributed by atoms with E-state index in [1.165, 1.54) is 11.5 Å². The molecule has 0 saturated heterocycles. The zero-order chi connectivity index (χ0) is 17.1. The van der Waals surface area contributed by atoms with Gasteiger partial charge in [-0.2, -0.15) is 4.37 Å². The normalized spacial score (nSPS) is 14.6. The topological polar surface area (TPSA) is 72.5 Å². The second-order valence-corrected chi connectivity index (χ2v) is 6.45. The molecule has 1 aliphatic rings. The Morgan fingerprint density at radius 1 is 1.29 bits per heavy atom. The summed E-state index contributed by atoms with van der Waals surface area (Å²) in [6.45, 7) is 5.09. The van der Waals surface area contributed by atoms with Gasteiger partial charge in [0, 0.05) is 13.5 Å². The molecule has 2 aromatic rings. The first-order chi connectivity index (χ1) is 11.6. The van der Waals surface area contributed by atoms with Crippen LogP contribution in [0, 0.1) is 6.92 Å². The van der Waals surface area contributed by atoms with Crippen molar-refractivity contribution in [3.63, 3.8) is 0 Å². The van der Waals surface area contributed by atoms with E-state index in [-0.39, 0.29) is 11.9 Å². The molecule has 1 aliphatic heterocycles. The van der Waals surface area contributed by atoms with E-state index in [1.807, 2.05) is 32.0 Å². The Bertz CT molecular complexity index is 745. The Morgan fingerprint density at radius 3 is 2.79 bits per heavy atom. The molecule has 1 amide bonds. The first-order valence-electron chi connectivity index (χ1n) is 7.94. The largest absolute Gasteiger partial charge is 0.490 e. The molecular weight excluding hydrogens is 326 g/mol. The third-order valence-electron chi connectivity index (χ3n) is 3.94. The smallest absolute Gasteiger partial charge is 0.256 e. The second-order valence-electron chi connectivity index (χ2n) is 5.67. The van der Waals surface area contributed by atoms with Crippen LogP contribution in [0.25, 0.3) is 0 Å². The summed E-state index contributed by atoms with van der Waals surface area (Å²) < 4.78 is 15.6. The average Bonchev–Trinajstić information content (AvgIpc) is 2.80. The minimum atomic E-state index is -0.154. The number of anilines is 1. The molecule has 0 radical (unpaired) electrons. The lowest BCUT2D eigenvalue weighted by Crippen LogP contribution is -2.27. The summed E-state index contributed by atoms with van der Waals surface area (Å²) in [6.07, 6.45) is 0.869. The number of nitrogens with one attached hydrogen (secondary N) is 2. The van der Waals surface area contributed by atoms with Crippen molar-refractivity contribution in [2.45, 2.75) is 26.3 Å². The Morgan fingerprint density at radius 2 is 2.04 bits per heavy atom. The van der Waals surface area contributed by atoms with Crippen molar-refractivity contribution in [3.8, 4) is 11.5 Å². The standard InChI is InChI=1S/C17H21N3O3S/c1-10(19-16(21)15-11(2)20-24-17(15)18-3)12-5-6-13-14(9-12)23-8-4-7-22-13/h5-6,9-10,18H,4,7-8H2,1-3H3,(H,19,21). The molecule has 1 aromatic carbocycles. The molecular formula is C17H21N3O3S. The molecule has 0 aliphatic carbocycles. The van der Waals surface area contributed by atoms with Crippen LogP contribution in [0.1, 0.15) is 41.0 Å². The lowest BCUT2D eigenvalue weighted by Gasteiger charge is -2.17. The van der Waals surface area contributed by atoms with Crippen LogP contribution in [0.3, 0.4) is 0 Å². The number of aryl methyl sites for hydroxylation is 1. The van der Waals surface area contributed by atoms with Gasteiger partial charge in [-0.05, 0) is 43.1 Å². The second kappa shape index (κ2) is 7.09. The summed E-state index contributed by atoms with van der Waals surface area (Å²) in [4.78, 5) is 12.6. The van der Waals surface area contributed by atoms with Gasteiger partial charge in [-0.15, -0.1) is 0 Å². The number of ether oxygens (including phenoxy) is 2. The quantitative estimate of drug-likeness (QED) is 0.889. The van der Waals surface area contributed by atoms with Crippen molar-refractivity contribution < 1.29 is 14.3 Å². The van der Waals surface area contributed by atoms with Gasteiger partial charge in [0.15, 0.2) is 11.5 Å². The fourth-order valence-electron chi connectivity index (χ4n) is 2.61. The SMILES string of the molecule is CNc1snc(C)c1C(=O)NC(C)c1ccc2c(c1)OCCCO2. The molecule has 2 heterocycles. The van der Waals surface area contributed by atoms with Crippen LogP contribution in [0.15, 0.2) is 18.2 Å². The van der Waals surface area contributed by atoms with E-state index < -0.39 is 0 Å². The highest BCUT2D eigenvalue weighted by Gasteiger charge is 2.21. The number of fused-ring (bicyclic) bond motifs is 1. The summed E-state index contributed by atoms with van der Waals surface area (Å²) >= 11 is 1.29. The third kappa shape index (κ3) is 3.31. The number of carbonyl (C=O) groups excluding carboxylic acids is 1. The predicted octanol–water partition coefficient (Wildman–Crippen LogP) is 3.15. The van der Waals surface area contributed by atoms with Crippen LogP contribution in [0.4, 0.5) is 5.00 Å². The molecule has 0 bridgehead atoms. The number of nitrogens with zero attached hydrogens (tertiary/aromatic N) is 1. The van der Waals surface area contributed by atoms with Gasteiger partial charge in [0.25, 0.3) is 5.91 Å². The molecule has 0 fully saturated rings. The maximum absolute atomic E-state index is 12.6. The first kappa shape index (κ1) is 16.6. The molecule has 2 N–H and O–H groups in total. The van der Waals surface area contributed by atoms with Gasteiger partial charge >= 0.3 is 0 Å². The van der Waals surface area contributed by atoms with Crippen molar-refractivity contribution in [2.75, 3.05) is 25.6 Å². The summed E-state index contributed by atoms with van der Waals surface area (Å²) in [5.41, 5.74) is 2.30. The molecule has 24 heavy (non-hydrogen) atoms. The average molecular weight is 347 g/mol. The summed E-state index contributed by atoms with van der Waals surface area (Å²) in [7, 11) is 1.79. The minimum Gasteiger partial charge on any atom is -0.490 e. The summed E-state index contributed by atoms with van der Waals surface area (Å²) in [6, 6.07) is 5.63. The maximum Gasteiger partial charge on any atom is 0.256 e. The zero-order valence-electron chi connectivity index (χ0n) is 14.0. The van der Waals surface area contributed by atoms with E-state index in [0.29, 0.717) is 18.8 Å². The van der Waals surface area contributed by atoms with Gasteiger partial charge in [-0.25, -0.2) is 0 Å². The van der Waals surface area contributed by atoms with E-state index in [4.69, 9.17) is 9.47 Å². The van der Waals surface area contributed by atoms with Crippen LogP contribution in [-0.4, -0.2) is 30.5 Å². The summed E-state index contributed by atoms with van der Waals surface area (Å²) in [5, 5.41) is 6.82. The number of benzene rings is 1. The molecule has 0 spiro atoms. The van der Waals surface area contributed by atoms with Gasteiger partial charge in [-0.1, -0.05) is 6.07 Å². The Labute approximate surface area is 145 Å². The van der Waals surface area contributed by atoms with Crippen molar-refractivity contribution in [2.24, 2.45) is 0 Å². The fraction of sp³-hybridized carbons (Fsp3) is 0.412. The van der Waals surface area contributed by atoms with Crippen LogP contribution in [0.2, 0.25) is 0 Å². The van der Waals surface area contributed by atoms with E-state index in [1.54, 1.807) is 7.05 Å². The van der Waals surface area contributed by atoms with Crippen LogP contribution in [0.5, 0.6) is 11.5 Å². The number of hydrogen-bond donors (Lipinski definition) is 2. The highest BCUT2D eigenvalue weighted by molar-refractivity contribution is 7.10. The molecule has 3 rings (SSSR count). The van der Waals surface area contributed by atoms with Gasteiger partial charge in [0.05, 0.1) is 30.5 Å². The van der Waals surface area contributed by atoms with Gasteiger partial charge < -0.3 is 20.1 Å². The fourth-order valence-corrected chi connectivity index (χ4v) is 3.35. The van der Waals surface area contributed by atoms with Crippen LogP contribution < -0.4 is 20.1 Å². The van der Waals surface area contributed by atoms with Crippen LogP contribution >= 0.6 is 11.5 Å². The Kier molecular flexibility index (Phi) is 4.89. The van der Waals surface area contributed by atoms with Gasteiger partial charge in [0.1, 0.15) is 5.00 Å². The van der Waals surface area contributed by atoms with E-state index in [9.17, 15) is 4.79 Å². The van der Waals surface area contributed by atoms with Gasteiger partial charge in [0.2, 0.25) is 0 Å². The zero-order valence-corrected chi connectivity index (χ0v) is 14.8. The molecule has 7 heteroatoms. The van der Waals surface area contributed by atoms with Crippen molar-refractivity contribution in [1.82, 2.24) is 9.69 Å². The Hall–Kier alpha value is -2.28. The van der Waals surface area contributed by atoms with Gasteiger partial charge in [-0.3, -0.25) is 4.79 Å². The van der Waals surface area contributed by atoms with E-state index >= 15 is 0 Å². The molecule has 1 aromatic heterocycles. The van der Waals surface area contributed by atoms with Crippen LogP contribution in [-0.2, 0) is 0 Å². The van der Waals surface area contributed by atoms with Crippen molar-refractivity contribution >= 4 is 22.4 Å². The highest BCUT2D eigenvalue weighted by atomic mass is 32.1. The molecule has 1 atom stereocenters. The maximum atomic E-state index is 12.6. The number of hydrogen-bond acceptors (Lipinski definition) is 6. The number of rotatable bonds is 4. The minimum absolute atomic E-state index is 0.134. The lowest BCUT2D eigenvalue weighted by molar-refractivity contribution is 0.0940. The first-order valence-corrected chi connectivity index (χ1v) is 8.72. The highest BCUT2D eigenvalue weighted by Crippen LogP contribution is 2.32. The number of carbonyl (C=O) groups is 1.